The molecule has 1 aromatic heterocycles. The average molecular weight is 330 g/mol. The molecule has 2 aromatic rings. The van der Waals surface area contributed by atoms with Gasteiger partial charge in [-0.05, 0) is 56.5 Å². The summed E-state index contributed by atoms with van der Waals surface area (Å²) in [5.74, 6) is -0.356. The number of nitrogens with zero attached hydrogens (tertiary/aromatic N) is 3. The standard InChI is InChI=1S/C18H23FN4O/c1-12-9-14(19)6-7-17(12)23-8-4-5-15(11-23)20-18(24)16-10-13(2)22(3)21-16/h6-7,9-10,15H,4-5,8,11H2,1-3H3,(H,20,24)/t15-/m1/s1. The summed E-state index contributed by atoms with van der Waals surface area (Å²) < 4.78 is 15.0. The molecule has 1 aromatic carbocycles. The molecule has 0 saturated carbocycles. The number of rotatable bonds is 3. The summed E-state index contributed by atoms with van der Waals surface area (Å²) in [7, 11) is 1.83. The summed E-state index contributed by atoms with van der Waals surface area (Å²) in [6.07, 6.45) is 1.93. The van der Waals surface area contributed by atoms with E-state index < -0.39 is 0 Å². The minimum Gasteiger partial charge on any atom is -0.369 e. The number of nitrogens with one attached hydrogen (secondary N) is 1. The average Bonchev–Trinajstić information content (AvgIpc) is 2.87. The number of amides is 1. The van der Waals surface area contributed by atoms with E-state index in [1.54, 1.807) is 16.8 Å². The number of carbonyl (C=O) groups excluding carboxylic acids is 1. The molecule has 3 rings (SSSR count). The van der Waals surface area contributed by atoms with Crippen LogP contribution in [-0.4, -0.2) is 34.8 Å². The molecule has 128 valence electrons. The SMILES string of the molecule is Cc1cc(F)ccc1N1CCC[C@@H](NC(=O)c2cc(C)n(C)n2)C1. The van der Waals surface area contributed by atoms with Crippen molar-refractivity contribution in [2.24, 2.45) is 7.05 Å². The van der Waals surface area contributed by atoms with Crippen molar-refractivity contribution in [3.05, 3.63) is 47.0 Å². The van der Waals surface area contributed by atoms with Gasteiger partial charge in [-0.2, -0.15) is 5.10 Å². The van der Waals surface area contributed by atoms with Crippen LogP contribution in [0.3, 0.4) is 0 Å². The Morgan fingerprint density at radius 3 is 2.79 bits per heavy atom. The number of halogens is 1. The molecule has 0 radical (unpaired) electrons. The highest BCUT2D eigenvalue weighted by Gasteiger charge is 2.24. The fourth-order valence-corrected chi connectivity index (χ4v) is 3.22. The van der Waals surface area contributed by atoms with Crippen molar-refractivity contribution >= 4 is 11.6 Å². The maximum atomic E-state index is 13.3. The molecule has 24 heavy (non-hydrogen) atoms. The molecule has 1 N–H and O–H groups in total. The second-order valence-corrected chi connectivity index (χ2v) is 6.48. The van der Waals surface area contributed by atoms with Gasteiger partial charge < -0.3 is 10.2 Å². The van der Waals surface area contributed by atoms with Crippen molar-refractivity contribution in [2.45, 2.75) is 32.7 Å². The molecule has 1 aliphatic rings. The zero-order valence-electron chi connectivity index (χ0n) is 14.3. The number of aromatic nitrogens is 2. The highest BCUT2D eigenvalue weighted by Crippen LogP contribution is 2.24. The molecule has 1 atom stereocenters. The van der Waals surface area contributed by atoms with Gasteiger partial charge in [-0.15, -0.1) is 0 Å². The van der Waals surface area contributed by atoms with Gasteiger partial charge in [0.25, 0.3) is 5.91 Å². The normalized spacial score (nSPS) is 17.8. The van der Waals surface area contributed by atoms with Gasteiger partial charge in [0, 0.05) is 37.6 Å². The first-order valence-corrected chi connectivity index (χ1v) is 8.26. The molecule has 1 saturated heterocycles. The van der Waals surface area contributed by atoms with Gasteiger partial charge in [0.2, 0.25) is 0 Å². The third-order valence-corrected chi connectivity index (χ3v) is 4.60. The fourth-order valence-electron chi connectivity index (χ4n) is 3.22. The molecular weight excluding hydrogens is 307 g/mol. The number of anilines is 1. The van der Waals surface area contributed by atoms with E-state index in [1.807, 2.05) is 27.0 Å². The second kappa shape index (κ2) is 6.63. The lowest BCUT2D eigenvalue weighted by atomic mass is 10.0. The van der Waals surface area contributed by atoms with E-state index in [0.29, 0.717) is 5.69 Å². The number of benzene rings is 1. The van der Waals surface area contributed by atoms with Crippen LogP contribution < -0.4 is 10.2 Å². The number of hydrogen-bond donors (Lipinski definition) is 1. The second-order valence-electron chi connectivity index (χ2n) is 6.48. The lowest BCUT2D eigenvalue weighted by molar-refractivity contribution is 0.0927. The van der Waals surface area contributed by atoms with Gasteiger partial charge in [0.1, 0.15) is 11.5 Å². The zero-order chi connectivity index (χ0) is 17.3. The minimum absolute atomic E-state index is 0.0676. The van der Waals surface area contributed by atoms with Crippen LogP contribution >= 0.6 is 0 Å². The van der Waals surface area contributed by atoms with Crippen LogP contribution in [0.5, 0.6) is 0 Å². The molecule has 0 unspecified atom stereocenters. The Balaban J connectivity index is 1.68. The number of hydrogen-bond acceptors (Lipinski definition) is 3. The summed E-state index contributed by atoms with van der Waals surface area (Å²) >= 11 is 0. The Hall–Kier alpha value is -2.37. The maximum absolute atomic E-state index is 13.3. The van der Waals surface area contributed by atoms with Crippen LogP contribution in [0.1, 0.15) is 34.6 Å². The summed E-state index contributed by atoms with van der Waals surface area (Å²) in [4.78, 5) is 14.6. The summed E-state index contributed by atoms with van der Waals surface area (Å²) in [5.41, 5.74) is 3.35. The van der Waals surface area contributed by atoms with Crippen molar-refractivity contribution in [3.63, 3.8) is 0 Å². The maximum Gasteiger partial charge on any atom is 0.272 e. The molecule has 5 nitrogen and oxygen atoms in total. The number of carbonyl (C=O) groups is 1. The minimum atomic E-state index is -0.219. The number of piperidine rings is 1. The molecule has 0 spiro atoms. The molecular formula is C18H23FN4O. The van der Waals surface area contributed by atoms with E-state index in [9.17, 15) is 9.18 Å². The summed E-state index contributed by atoms with van der Waals surface area (Å²) in [6.45, 7) is 5.48. The van der Waals surface area contributed by atoms with Crippen molar-refractivity contribution in [2.75, 3.05) is 18.0 Å². The lowest BCUT2D eigenvalue weighted by Crippen LogP contribution is -2.48. The van der Waals surface area contributed by atoms with Gasteiger partial charge in [-0.1, -0.05) is 0 Å². The van der Waals surface area contributed by atoms with Crippen molar-refractivity contribution < 1.29 is 9.18 Å². The van der Waals surface area contributed by atoms with Crippen molar-refractivity contribution in [3.8, 4) is 0 Å². The van der Waals surface area contributed by atoms with E-state index >= 15 is 0 Å². The Morgan fingerprint density at radius 1 is 1.33 bits per heavy atom. The predicted molar refractivity (Wildman–Crippen MR) is 91.8 cm³/mol. The number of aryl methyl sites for hydroxylation is 3. The quantitative estimate of drug-likeness (QED) is 0.941. The smallest absolute Gasteiger partial charge is 0.272 e. The fraction of sp³-hybridized carbons (Fsp3) is 0.444. The van der Waals surface area contributed by atoms with Crippen LogP contribution in [-0.2, 0) is 7.05 Å². The van der Waals surface area contributed by atoms with Crippen LogP contribution in [0.4, 0.5) is 10.1 Å². The van der Waals surface area contributed by atoms with Gasteiger partial charge in [0.15, 0.2) is 0 Å². The van der Waals surface area contributed by atoms with Crippen LogP contribution in [0, 0.1) is 19.7 Å². The monoisotopic (exact) mass is 330 g/mol. The van der Waals surface area contributed by atoms with E-state index in [4.69, 9.17) is 0 Å². The van der Waals surface area contributed by atoms with E-state index in [0.717, 1.165) is 42.9 Å². The van der Waals surface area contributed by atoms with Gasteiger partial charge in [-0.25, -0.2) is 4.39 Å². The predicted octanol–water partition coefficient (Wildman–Crippen LogP) is 2.57. The highest BCUT2D eigenvalue weighted by atomic mass is 19.1. The third kappa shape index (κ3) is 3.42. The summed E-state index contributed by atoms with van der Waals surface area (Å²) in [5, 5.41) is 7.30. The molecule has 1 fully saturated rings. The van der Waals surface area contributed by atoms with Gasteiger partial charge in [-0.3, -0.25) is 9.48 Å². The summed E-state index contributed by atoms with van der Waals surface area (Å²) in [6, 6.07) is 6.71. The van der Waals surface area contributed by atoms with Crippen LogP contribution in [0.15, 0.2) is 24.3 Å². The molecule has 1 aliphatic heterocycles. The van der Waals surface area contributed by atoms with Crippen molar-refractivity contribution in [1.82, 2.24) is 15.1 Å². The van der Waals surface area contributed by atoms with Crippen LogP contribution in [0.2, 0.25) is 0 Å². The van der Waals surface area contributed by atoms with Crippen LogP contribution in [0.25, 0.3) is 0 Å². The third-order valence-electron chi connectivity index (χ3n) is 4.60. The Morgan fingerprint density at radius 2 is 2.12 bits per heavy atom. The molecule has 6 heteroatoms. The van der Waals surface area contributed by atoms with Crippen molar-refractivity contribution in [1.29, 1.82) is 0 Å². The Bertz CT molecular complexity index is 736. The Kier molecular flexibility index (Phi) is 4.55. The molecule has 0 bridgehead atoms. The zero-order valence-corrected chi connectivity index (χ0v) is 14.3. The molecule has 2 heterocycles. The Labute approximate surface area is 141 Å². The van der Waals surface area contributed by atoms with E-state index in [-0.39, 0.29) is 17.8 Å². The van der Waals surface area contributed by atoms with Gasteiger partial charge >= 0.3 is 0 Å². The largest absolute Gasteiger partial charge is 0.369 e. The molecule has 1 amide bonds. The first kappa shape index (κ1) is 16.5. The first-order valence-electron chi connectivity index (χ1n) is 8.26. The molecule has 0 aliphatic carbocycles. The van der Waals surface area contributed by atoms with Gasteiger partial charge in [0.05, 0.1) is 0 Å². The van der Waals surface area contributed by atoms with E-state index in [2.05, 4.69) is 15.3 Å². The van der Waals surface area contributed by atoms with E-state index in [1.165, 1.54) is 6.07 Å². The first-order chi connectivity index (χ1) is 11.4. The topological polar surface area (TPSA) is 50.2 Å². The lowest BCUT2D eigenvalue weighted by Gasteiger charge is -2.35. The highest BCUT2D eigenvalue weighted by molar-refractivity contribution is 5.92.